The lowest BCUT2D eigenvalue weighted by Crippen LogP contribution is -2.51. The summed E-state index contributed by atoms with van der Waals surface area (Å²) in [6.45, 7) is 9.23. The first-order valence-corrected chi connectivity index (χ1v) is 6.38. The molecule has 1 aliphatic heterocycles. The average Bonchev–Trinajstić information content (AvgIpc) is 2.78. The van der Waals surface area contributed by atoms with E-state index in [2.05, 4.69) is 23.6 Å². The van der Waals surface area contributed by atoms with Crippen molar-refractivity contribution < 1.29 is 14.3 Å². The van der Waals surface area contributed by atoms with Crippen molar-refractivity contribution in [3.05, 3.63) is 23.7 Å². The van der Waals surface area contributed by atoms with Gasteiger partial charge in [-0.15, -0.1) is 0 Å². The maximum absolute atomic E-state index is 10.7. The van der Waals surface area contributed by atoms with Gasteiger partial charge < -0.3 is 9.52 Å². The van der Waals surface area contributed by atoms with Crippen LogP contribution in [-0.4, -0.2) is 53.1 Å². The van der Waals surface area contributed by atoms with Crippen molar-refractivity contribution in [1.29, 1.82) is 0 Å². The quantitative estimate of drug-likeness (QED) is 0.880. The average molecular weight is 252 g/mol. The summed E-state index contributed by atoms with van der Waals surface area (Å²) >= 11 is 0. The predicted octanol–water partition coefficient (Wildman–Crippen LogP) is 1.50. The molecule has 100 valence electrons. The number of aromatic carboxylic acids is 1. The molecule has 0 aromatic carbocycles. The highest BCUT2D eigenvalue weighted by Gasteiger charge is 2.23. The van der Waals surface area contributed by atoms with E-state index in [0.29, 0.717) is 12.6 Å². The molecule has 2 rings (SSSR count). The van der Waals surface area contributed by atoms with Crippen LogP contribution in [0.15, 0.2) is 16.5 Å². The molecule has 0 saturated carbocycles. The Labute approximate surface area is 107 Å². The molecule has 0 aliphatic carbocycles. The zero-order chi connectivity index (χ0) is 13.1. The van der Waals surface area contributed by atoms with Gasteiger partial charge in [-0.25, -0.2) is 4.79 Å². The van der Waals surface area contributed by atoms with Crippen LogP contribution in [0.2, 0.25) is 0 Å². The summed E-state index contributed by atoms with van der Waals surface area (Å²) in [4.78, 5) is 15.5. The monoisotopic (exact) mass is 252 g/mol. The highest BCUT2D eigenvalue weighted by Crippen LogP contribution is 2.15. The lowest BCUT2D eigenvalue weighted by Gasteiger charge is -2.38. The van der Waals surface area contributed by atoms with Gasteiger partial charge in [0.1, 0.15) is 5.76 Å². The predicted molar refractivity (Wildman–Crippen MR) is 67.7 cm³/mol. The zero-order valence-electron chi connectivity index (χ0n) is 10.9. The second-order valence-corrected chi connectivity index (χ2v) is 4.78. The summed E-state index contributed by atoms with van der Waals surface area (Å²) < 4.78 is 5.28. The number of piperazine rings is 1. The molecule has 0 radical (unpaired) electrons. The number of hydrogen-bond donors (Lipinski definition) is 1. The molecule has 1 aromatic rings. The molecule has 1 aliphatic rings. The Balaban J connectivity index is 1.92. The number of hydrogen-bond acceptors (Lipinski definition) is 4. The third-order valence-corrected chi connectivity index (χ3v) is 3.51. The van der Waals surface area contributed by atoms with Gasteiger partial charge in [0.2, 0.25) is 5.76 Å². The molecule has 1 aromatic heterocycles. The number of carboxylic acids is 1. The van der Waals surface area contributed by atoms with Crippen LogP contribution in [0.1, 0.15) is 30.2 Å². The van der Waals surface area contributed by atoms with Crippen LogP contribution in [0.25, 0.3) is 0 Å². The van der Waals surface area contributed by atoms with E-state index in [0.717, 1.165) is 31.9 Å². The molecular formula is C13H20N2O3. The van der Waals surface area contributed by atoms with Crippen molar-refractivity contribution in [3.63, 3.8) is 0 Å². The summed E-state index contributed by atoms with van der Waals surface area (Å²) in [6.07, 6.45) is 0. The minimum absolute atomic E-state index is 0.0187. The minimum atomic E-state index is -1.01. The fourth-order valence-electron chi connectivity index (χ4n) is 2.48. The Morgan fingerprint density at radius 2 is 2.28 bits per heavy atom. The molecule has 0 spiro atoms. The normalized spacial score (nSPS) is 22.2. The fourth-order valence-corrected chi connectivity index (χ4v) is 2.48. The molecule has 1 fully saturated rings. The topological polar surface area (TPSA) is 56.9 Å². The van der Waals surface area contributed by atoms with Crippen molar-refractivity contribution in [3.8, 4) is 0 Å². The number of likely N-dealkylation sites (N-methyl/N-ethyl adjacent to an activating group) is 1. The second kappa shape index (κ2) is 5.54. The fraction of sp³-hybridized carbons (Fsp3) is 0.615. The van der Waals surface area contributed by atoms with Gasteiger partial charge in [0.25, 0.3) is 0 Å². The van der Waals surface area contributed by atoms with Crippen LogP contribution in [-0.2, 0) is 6.54 Å². The van der Waals surface area contributed by atoms with E-state index in [4.69, 9.17) is 9.52 Å². The largest absolute Gasteiger partial charge is 0.475 e. The number of carbonyl (C=O) groups is 1. The summed E-state index contributed by atoms with van der Waals surface area (Å²) in [5.41, 5.74) is 0. The molecule has 0 bridgehead atoms. The van der Waals surface area contributed by atoms with E-state index < -0.39 is 5.97 Å². The summed E-state index contributed by atoms with van der Waals surface area (Å²) in [5, 5.41) is 8.80. The van der Waals surface area contributed by atoms with Gasteiger partial charge in [-0.05, 0) is 25.6 Å². The van der Waals surface area contributed by atoms with E-state index in [1.807, 2.05) is 0 Å². The maximum Gasteiger partial charge on any atom is 0.371 e. The van der Waals surface area contributed by atoms with Crippen LogP contribution in [0.4, 0.5) is 0 Å². The highest BCUT2D eigenvalue weighted by atomic mass is 16.4. The summed E-state index contributed by atoms with van der Waals surface area (Å²) in [5.74, 6) is -0.264. The molecule has 18 heavy (non-hydrogen) atoms. The van der Waals surface area contributed by atoms with Crippen LogP contribution >= 0.6 is 0 Å². The first kappa shape index (κ1) is 13.1. The summed E-state index contributed by atoms with van der Waals surface area (Å²) in [6, 6.07) is 3.81. The third-order valence-electron chi connectivity index (χ3n) is 3.51. The Kier molecular flexibility index (Phi) is 4.04. The molecule has 5 heteroatoms. The number of furan rings is 1. The Morgan fingerprint density at radius 1 is 1.50 bits per heavy atom. The van der Waals surface area contributed by atoms with Crippen molar-refractivity contribution in [2.45, 2.75) is 26.4 Å². The first-order chi connectivity index (χ1) is 8.60. The van der Waals surface area contributed by atoms with Gasteiger partial charge in [0, 0.05) is 25.7 Å². The number of carboxylic acid groups (broad SMARTS) is 1. The molecule has 1 N–H and O–H groups in total. The van der Waals surface area contributed by atoms with Gasteiger partial charge in [0.05, 0.1) is 6.54 Å². The van der Waals surface area contributed by atoms with Crippen molar-refractivity contribution in [2.24, 2.45) is 0 Å². The van der Waals surface area contributed by atoms with E-state index >= 15 is 0 Å². The molecule has 5 nitrogen and oxygen atoms in total. The summed E-state index contributed by atoms with van der Waals surface area (Å²) in [7, 11) is 0. The molecule has 1 saturated heterocycles. The van der Waals surface area contributed by atoms with Crippen LogP contribution in [0.3, 0.4) is 0 Å². The maximum atomic E-state index is 10.7. The van der Waals surface area contributed by atoms with Crippen LogP contribution in [0.5, 0.6) is 0 Å². The molecule has 1 atom stereocenters. The minimum Gasteiger partial charge on any atom is -0.475 e. The van der Waals surface area contributed by atoms with Crippen LogP contribution < -0.4 is 0 Å². The SMILES string of the molecule is CCN1CCN(Cc2ccc(C(=O)O)o2)CC1C. The Bertz CT molecular complexity index is 416. The Hall–Kier alpha value is -1.33. The molecule has 2 heterocycles. The highest BCUT2D eigenvalue weighted by molar-refractivity contribution is 5.84. The van der Waals surface area contributed by atoms with Gasteiger partial charge in [-0.2, -0.15) is 0 Å². The van der Waals surface area contributed by atoms with Crippen molar-refractivity contribution >= 4 is 5.97 Å². The third kappa shape index (κ3) is 2.91. The van der Waals surface area contributed by atoms with Gasteiger partial charge in [-0.3, -0.25) is 9.80 Å². The lowest BCUT2D eigenvalue weighted by molar-refractivity contribution is 0.0644. The zero-order valence-corrected chi connectivity index (χ0v) is 10.9. The molecular weight excluding hydrogens is 232 g/mol. The van der Waals surface area contributed by atoms with E-state index in [-0.39, 0.29) is 5.76 Å². The second-order valence-electron chi connectivity index (χ2n) is 4.78. The smallest absolute Gasteiger partial charge is 0.371 e. The lowest BCUT2D eigenvalue weighted by atomic mass is 10.2. The standard InChI is InChI=1S/C13H20N2O3/c1-3-15-7-6-14(8-10(15)2)9-11-4-5-12(18-11)13(16)17/h4-5,10H,3,6-9H2,1-2H3,(H,16,17). The van der Waals surface area contributed by atoms with E-state index in [1.54, 1.807) is 6.07 Å². The van der Waals surface area contributed by atoms with Crippen LogP contribution in [0, 0.1) is 0 Å². The van der Waals surface area contributed by atoms with Crippen molar-refractivity contribution in [2.75, 3.05) is 26.2 Å². The molecule has 0 amide bonds. The van der Waals surface area contributed by atoms with Gasteiger partial charge in [-0.1, -0.05) is 6.92 Å². The van der Waals surface area contributed by atoms with E-state index in [1.165, 1.54) is 6.07 Å². The first-order valence-electron chi connectivity index (χ1n) is 6.38. The molecule has 1 unspecified atom stereocenters. The van der Waals surface area contributed by atoms with Gasteiger partial charge >= 0.3 is 5.97 Å². The Morgan fingerprint density at radius 3 is 2.83 bits per heavy atom. The van der Waals surface area contributed by atoms with Gasteiger partial charge in [0.15, 0.2) is 0 Å². The van der Waals surface area contributed by atoms with Crippen molar-refractivity contribution in [1.82, 2.24) is 9.80 Å². The number of rotatable bonds is 4. The van der Waals surface area contributed by atoms with E-state index in [9.17, 15) is 4.79 Å². The number of nitrogens with zero attached hydrogens (tertiary/aromatic N) is 2.